The average Bonchev–Trinajstić information content (AvgIpc) is 2.35. The summed E-state index contributed by atoms with van der Waals surface area (Å²) >= 11 is 0. The fourth-order valence-electron chi connectivity index (χ4n) is 2.16. The SMILES string of the molecule is Cc1cc(O)ccc1S(=O)(=O)c1ccc(C)c(O)c1C. The van der Waals surface area contributed by atoms with Gasteiger partial charge in [0.2, 0.25) is 9.84 Å². The van der Waals surface area contributed by atoms with Crippen LogP contribution >= 0.6 is 0 Å². The maximum Gasteiger partial charge on any atom is 0.207 e. The number of aryl methyl sites for hydroxylation is 2. The molecule has 106 valence electrons. The molecule has 0 spiro atoms. The van der Waals surface area contributed by atoms with E-state index in [2.05, 4.69) is 0 Å². The molecule has 20 heavy (non-hydrogen) atoms. The minimum atomic E-state index is -3.73. The number of phenols is 2. The van der Waals surface area contributed by atoms with Crippen LogP contribution in [0.5, 0.6) is 11.5 Å². The molecule has 0 aromatic heterocycles. The summed E-state index contributed by atoms with van der Waals surface area (Å²) in [5, 5.41) is 19.3. The van der Waals surface area contributed by atoms with Crippen molar-refractivity contribution in [2.45, 2.75) is 30.6 Å². The fraction of sp³-hybridized carbons (Fsp3) is 0.200. The topological polar surface area (TPSA) is 74.6 Å². The van der Waals surface area contributed by atoms with Crippen LogP contribution in [0.3, 0.4) is 0 Å². The van der Waals surface area contributed by atoms with E-state index in [1.807, 2.05) is 0 Å². The van der Waals surface area contributed by atoms with Gasteiger partial charge in [0.1, 0.15) is 11.5 Å². The molecule has 0 amide bonds. The van der Waals surface area contributed by atoms with Crippen LogP contribution in [0.25, 0.3) is 0 Å². The summed E-state index contributed by atoms with van der Waals surface area (Å²) < 4.78 is 25.3. The lowest BCUT2D eigenvalue weighted by Crippen LogP contribution is -2.06. The summed E-state index contributed by atoms with van der Waals surface area (Å²) in [6, 6.07) is 7.17. The molecule has 4 nitrogen and oxygen atoms in total. The van der Waals surface area contributed by atoms with Gasteiger partial charge < -0.3 is 10.2 Å². The minimum absolute atomic E-state index is 0.0116. The van der Waals surface area contributed by atoms with Gasteiger partial charge in [0.25, 0.3) is 0 Å². The maximum atomic E-state index is 12.7. The van der Waals surface area contributed by atoms with Crippen molar-refractivity contribution in [2.75, 3.05) is 0 Å². The minimum Gasteiger partial charge on any atom is -0.508 e. The van der Waals surface area contributed by atoms with Crippen molar-refractivity contribution >= 4 is 9.84 Å². The van der Waals surface area contributed by atoms with Crippen LogP contribution in [0.15, 0.2) is 40.1 Å². The van der Waals surface area contributed by atoms with Crippen molar-refractivity contribution in [3.63, 3.8) is 0 Å². The second-order valence-electron chi connectivity index (χ2n) is 4.81. The monoisotopic (exact) mass is 292 g/mol. The second kappa shape index (κ2) is 4.83. The third-order valence-electron chi connectivity index (χ3n) is 3.32. The molecule has 0 atom stereocenters. The highest BCUT2D eigenvalue weighted by molar-refractivity contribution is 7.91. The Balaban J connectivity index is 2.70. The molecule has 2 aromatic rings. The highest BCUT2D eigenvalue weighted by Crippen LogP contribution is 2.33. The maximum absolute atomic E-state index is 12.7. The van der Waals surface area contributed by atoms with Crippen LogP contribution in [0, 0.1) is 20.8 Å². The molecule has 2 N–H and O–H groups in total. The Kier molecular flexibility index (Phi) is 3.48. The number of rotatable bonds is 2. The molecule has 0 saturated heterocycles. The molecule has 0 aliphatic rings. The number of hydrogen-bond acceptors (Lipinski definition) is 4. The van der Waals surface area contributed by atoms with E-state index >= 15 is 0 Å². The van der Waals surface area contributed by atoms with Crippen LogP contribution in [0.2, 0.25) is 0 Å². The summed E-state index contributed by atoms with van der Waals surface area (Å²) in [6.07, 6.45) is 0. The predicted molar refractivity (Wildman–Crippen MR) is 75.9 cm³/mol. The van der Waals surface area contributed by atoms with Crippen molar-refractivity contribution in [2.24, 2.45) is 0 Å². The Labute approximate surface area is 118 Å². The van der Waals surface area contributed by atoms with Gasteiger partial charge in [-0.3, -0.25) is 0 Å². The van der Waals surface area contributed by atoms with Crippen molar-refractivity contribution in [1.82, 2.24) is 0 Å². The zero-order chi connectivity index (χ0) is 15.1. The Morgan fingerprint density at radius 2 is 1.45 bits per heavy atom. The van der Waals surface area contributed by atoms with E-state index in [4.69, 9.17) is 0 Å². The van der Waals surface area contributed by atoms with E-state index in [0.717, 1.165) is 0 Å². The van der Waals surface area contributed by atoms with E-state index in [9.17, 15) is 18.6 Å². The lowest BCUT2D eigenvalue weighted by molar-refractivity contribution is 0.464. The van der Waals surface area contributed by atoms with Gasteiger partial charge in [0.15, 0.2) is 0 Å². The van der Waals surface area contributed by atoms with Crippen molar-refractivity contribution < 1.29 is 18.6 Å². The highest BCUT2D eigenvalue weighted by atomic mass is 32.2. The fourth-order valence-corrected chi connectivity index (χ4v) is 3.88. The molecule has 0 aliphatic carbocycles. The molecule has 5 heteroatoms. The molecule has 0 fully saturated rings. The van der Waals surface area contributed by atoms with Crippen LogP contribution in [-0.2, 0) is 9.84 Å². The standard InChI is InChI=1S/C15H16O4S/c1-9-4-6-14(11(3)15(9)17)20(18,19)13-7-5-12(16)8-10(13)2/h4-8,16-17H,1-3H3. The van der Waals surface area contributed by atoms with Crippen molar-refractivity contribution in [3.05, 3.63) is 47.0 Å². The first kappa shape index (κ1) is 14.4. The largest absolute Gasteiger partial charge is 0.508 e. The molecule has 2 aromatic carbocycles. The lowest BCUT2D eigenvalue weighted by atomic mass is 10.1. The van der Waals surface area contributed by atoms with Gasteiger partial charge in [-0.1, -0.05) is 6.07 Å². The zero-order valence-electron chi connectivity index (χ0n) is 11.5. The smallest absolute Gasteiger partial charge is 0.207 e. The zero-order valence-corrected chi connectivity index (χ0v) is 12.3. The molecule has 2 rings (SSSR count). The first-order chi connectivity index (χ1) is 9.25. The van der Waals surface area contributed by atoms with Gasteiger partial charge in [-0.05, 0) is 56.2 Å². The second-order valence-corrected chi connectivity index (χ2v) is 6.69. The van der Waals surface area contributed by atoms with Crippen molar-refractivity contribution in [1.29, 1.82) is 0 Å². The quantitative estimate of drug-likeness (QED) is 0.892. The lowest BCUT2D eigenvalue weighted by Gasteiger charge is -2.12. The number of phenolic OH excluding ortho intramolecular Hbond substituents is 2. The van der Waals surface area contributed by atoms with E-state index in [1.54, 1.807) is 26.8 Å². The van der Waals surface area contributed by atoms with E-state index in [0.29, 0.717) is 16.7 Å². The Morgan fingerprint density at radius 1 is 0.850 bits per heavy atom. The number of benzene rings is 2. The van der Waals surface area contributed by atoms with Crippen LogP contribution < -0.4 is 0 Å². The van der Waals surface area contributed by atoms with Gasteiger partial charge in [-0.25, -0.2) is 8.42 Å². The molecule has 0 aliphatic heterocycles. The van der Waals surface area contributed by atoms with Crippen molar-refractivity contribution in [3.8, 4) is 11.5 Å². The van der Waals surface area contributed by atoms with E-state index < -0.39 is 9.84 Å². The summed E-state index contributed by atoms with van der Waals surface area (Å²) in [5.41, 5.74) is 1.42. The Morgan fingerprint density at radius 3 is 2.05 bits per heavy atom. The Hall–Kier alpha value is -2.01. The van der Waals surface area contributed by atoms with Gasteiger partial charge in [-0.2, -0.15) is 0 Å². The Bertz CT molecular complexity index is 777. The van der Waals surface area contributed by atoms with Gasteiger partial charge in [-0.15, -0.1) is 0 Å². The molecule has 0 saturated carbocycles. The summed E-state index contributed by atoms with van der Waals surface area (Å²) in [7, 11) is -3.73. The van der Waals surface area contributed by atoms with Gasteiger partial charge in [0.05, 0.1) is 9.79 Å². The first-order valence-electron chi connectivity index (χ1n) is 6.09. The molecular weight excluding hydrogens is 276 g/mol. The number of sulfone groups is 1. The summed E-state index contributed by atoms with van der Waals surface area (Å²) in [5.74, 6) is 0.00688. The van der Waals surface area contributed by atoms with E-state index in [-0.39, 0.29) is 21.3 Å². The van der Waals surface area contributed by atoms with Crippen LogP contribution in [0.4, 0.5) is 0 Å². The molecular formula is C15H16O4S. The summed E-state index contributed by atoms with van der Waals surface area (Å²) in [4.78, 5) is 0.205. The first-order valence-corrected chi connectivity index (χ1v) is 7.57. The average molecular weight is 292 g/mol. The predicted octanol–water partition coefficient (Wildman–Crippen LogP) is 2.86. The molecule has 0 bridgehead atoms. The molecule has 0 unspecified atom stereocenters. The van der Waals surface area contributed by atoms with Gasteiger partial charge >= 0.3 is 0 Å². The number of aromatic hydroxyl groups is 2. The summed E-state index contributed by atoms with van der Waals surface area (Å²) in [6.45, 7) is 4.91. The highest BCUT2D eigenvalue weighted by Gasteiger charge is 2.23. The normalized spacial score (nSPS) is 11.6. The van der Waals surface area contributed by atoms with Crippen LogP contribution in [-0.4, -0.2) is 18.6 Å². The third kappa shape index (κ3) is 2.25. The third-order valence-corrected chi connectivity index (χ3v) is 5.38. The molecule has 0 heterocycles. The number of hydrogen-bond donors (Lipinski definition) is 2. The van der Waals surface area contributed by atoms with Crippen LogP contribution in [0.1, 0.15) is 16.7 Å². The van der Waals surface area contributed by atoms with E-state index in [1.165, 1.54) is 24.3 Å². The van der Waals surface area contributed by atoms with Gasteiger partial charge in [0, 0.05) is 5.56 Å². The molecule has 0 radical (unpaired) electrons.